The van der Waals surface area contributed by atoms with Gasteiger partial charge in [0, 0.05) is 18.5 Å². The molecule has 0 radical (unpaired) electrons. The molecule has 1 aromatic heterocycles. The Hall–Kier alpha value is -1.69. The molecule has 0 saturated heterocycles. The van der Waals surface area contributed by atoms with Crippen molar-refractivity contribution in [2.75, 3.05) is 0 Å². The number of nitrogens with two attached hydrogens (primary N) is 1. The van der Waals surface area contributed by atoms with Gasteiger partial charge >= 0.3 is 0 Å². The van der Waals surface area contributed by atoms with Gasteiger partial charge in [0.15, 0.2) is 5.43 Å². The molecule has 0 aliphatic heterocycles. The standard InChI is InChI=1S/C11H15N3O2S/c1-3-11(2,10(12)17)14-9(16)7-6-13-5-4-8(7)15/h4-6H,3H2,1-2H3,(H2,12,17)(H,13,15)(H,14,16). The van der Waals surface area contributed by atoms with Gasteiger partial charge in [-0.25, -0.2) is 0 Å². The zero-order chi connectivity index (χ0) is 13.1. The lowest BCUT2D eigenvalue weighted by Gasteiger charge is -2.28. The molecule has 1 unspecified atom stereocenters. The van der Waals surface area contributed by atoms with Gasteiger partial charge in [-0.1, -0.05) is 19.1 Å². The minimum Gasteiger partial charge on any atom is -0.391 e. The number of hydrogen-bond acceptors (Lipinski definition) is 3. The Bertz CT molecular complexity index is 497. The molecule has 6 heteroatoms. The topological polar surface area (TPSA) is 88.0 Å². The van der Waals surface area contributed by atoms with E-state index in [-0.39, 0.29) is 16.0 Å². The SMILES string of the molecule is CCC(C)(NC(=O)c1c[nH]ccc1=O)C(N)=S. The van der Waals surface area contributed by atoms with E-state index in [1.54, 1.807) is 6.92 Å². The van der Waals surface area contributed by atoms with Gasteiger partial charge in [-0.05, 0) is 13.3 Å². The van der Waals surface area contributed by atoms with E-state index in [1.807, 2.05) is 6.92 Å². The molecular weight excluding hydrogens is 238 g/mol. The zero-order valence-electron chi connectivity index (χ0n) is 9.74. The van der Waals surface area contributed by atoms with E-state index < -0.39 is 11.4 Å². The van der Waals surface area contributed by atoms with Crippen LogP contribution in [0.5, 0.6) is 0 Å². The Morgan fingerprint density at radius 2 is 2.29 bits per heavy atom. The smallest absolute Gasteiger partial charge is 0.257 e. The van der Waals surface area contributed by atoms with E-state index in [0.717, 1.165) is 0 Å². The molecule has 1 heterocycles. The Kier molecular flexibility index (Phi) is 4.01. The van der Waals surface area contributed by atoms with Crippen LogP contribution in [0.1, 0.15) is 30.6 Å². The van der Waals surface area contributed by atoms with Crippen molar-refractivity contribution in [1.29, 1.82) is 0 Å². The summed E-state index contributed by atoms with van der Waals surface area (Å²) >= 11 is 4.91. The molecule has 0 fully saturated rings. The summed E-state index contributed by atoms with van der Waals surface area (Å²) in [5.74, 6) is -0.482. The van der Waals surface area contributed by atoms with Gasteiger partial charge in [-0.3, -0.25) is 9.59 Å². The summed E-state index contributed by atoms with van der Waals surface area (Å²) in [6.07, 6.45) is 3.37. The van der Waals surface area contributed by atoms with Crippen LogP contribution in [0.2, 0.25) is 0 Å². The number of amides is 1. The molecule has 0 aliphatic carbocycles. The van der Waals surface area contributed by atoms with E-state index in [0.29, 0.717) is 6.42 Å². The van der Waals surface area contributed by atoms with Crippen LogP contribution >= 0.6 is 12.2 Å². The lowest BCUT2D eigenvalue weighted by molar-refractivity contribution is 0.0925. The lowest BCUT2D eigenvalue weighted by atomic mass is 9.98. The van der Waals surface area contributed by atoms with Gasteiger partial charge in [0.2, 0.25) is 0 Å². The molecule has 1 atom stereocenters. The van der Waals surface area contributed by atoms with Crippen molar-refractivity contribution >= 4 is 23.1 Å². The number of pyridine rings is 1. The van der Waals surface area contributed by atoms with Gasteiger partial charge in [0.25, 0.3) is 5.91 Å². The van der Waals surface area contributed by atoms with E-state index in [1.165, 1.54) is 18.5 Å². The van der Waals surface area contributed by atoms with Crippen molar-refractivity contribution in [3.63, 3.8) is 0 Å². The highest BCUT2D eigenvalue weighted by Gasteiger charge is 2.28. The minimum atomic E-state index is -0.783. The molecule has 0 aliphatic rings. The molecule has 0 spiro atoms. The first-order chi connectivity index (χ1) is 7.90. The van der Waals surface area contributed by atoms with Crippen molar-refractivity contribution in [3.8, 4) is 0 Å². The molecule has 17 heavy (non-hydrogen) atoms. The summed E-state index contributed by atoms with van der Waals surface area (Å²) in [6.45, 7) is 3.58. The first-order valence-electron chi connectivity index (χ1n) is 5.20. The molecule has 0 aromatic carbocycles. The van der Waals surface area contributed by atoms with Crippen LogP contribution in [0.25, 0.3) is 0 Å². The fraction of sp³-hybridized carbons (Fsp3) is 0.364. The van der Waals surface area contributed by atoms with Crippen molar-refractivity contribution in [2.24, 2.45) is 5.73 Å². The third kappa shape index (κ3) is 2.91. The van der Waals surface area contributed by atoms with Crippen LogP contribution in [-0.4, -0.2) is 21.4 Å². The van der Waals surface area contributed by atoms with Crippen LogP contribution in [0, 0.1) is 0 Å². The molecule has 0 bridgehead atoms. The number of carbonyl (C=O) groups excluding carboxylic acids is 1. The van der Waals surface area contributed by atoms with Crippen LogP contribution in [0.15, 0.2) is 23.3 Å². The summed E-state index contributed by atoms with van der Waals surface area (Å²) < 4.78 is 0. The maximum Gasteiger partial charge on any atom is 0.257 e. The van der Waals surface area contributed by atoms with E-state index in [2.05, 4.69) is 10.3 Å². The van der Waals surface area contributed by atoms with Gasteiger partial charge in [0.1, 0.15) is 5.56 Å². The maximum absolute atomic E-state index is 11.9. The quantitative estimate of drug-likeness (QED) is 0.684. The third-order valence-electron chi connectivity index (χ3n) is 2.71. The lowest BCUT2D eigenvalue weighted by Crippen LogP contribution is -2.54. The van der Waals surface area contributed by atoms with Crippen LogP contribution in [-0.2, 0) is 0 Å². The van der Waals surface area contributed by atoms with Crippen molar-refractivity contribution < 1.29 is 4.79 Å². The van der Waals surface area contributed by atoms with Crippen molar-refractivity contribution in [3.05, 3.63) is 34.2 Å². The Morgan fingerprint density at radius 1 is 1.65 bits per heavy atom. The van der Waals surface area contributed by atoms with Gasteiger partial charge in [-0.15, -0.1) is 0 Å². The molecular formula is C11H15N3O2S. The number of H-pyrrole nitrogens is 1. The number of hydrogen-bond donors (Lipinski definition) is 3. The number of aromatic nitrogens is 1. The van der Waals surface area contributed by atoms with Crippen LogP contribution < -0.4 is 16.5 Å². The predicted octanol–water partition coefficient (Wildman–Crippen LogP) is 0.560. The number of nitrogens with one attached hydrogen (secondary N) is 2. The number of rotatable bonds is 4. The van der Waals surface area contributed by atoms with Gasteiger partial charge in [0.05, 0.1) is 10.5 Å². The Morgan fingerprint density at radius 3 is 2.76 bits per heavy atom. The van der Waals surface area contributed by atoms with Gasteiger partial charge in [-0.2, -0.15) is 0 Å². The van der Waals surface area contributed by atoms with Gasteiger partial charge < -0.3 is 16.0 Å². The summed E-state index contributed by atoms with van der Waals surface area (Å²) in [5, 5.41) is 2.67. The highest BCUT2D eigenvalue weighted by Crippen LogP contribution is 2.10. The number of carbonyl (C=O) groups is 1. The second kappa shape index (κ2) is 5.09. The average molecular weight is 253 g/mol. The van der Waals surface area contributed by atoms with Crippen LogP contribution in [0.4, 0.5) is 0 Å². The zero-order valence-corrected chi connectivity index (χ0v) is 10.6. The normalized spacial score (nSPS) is 13.8. The number of aromatic amines is 1. The van der Waals surface area contributed by atoms with Crippen molar-refractivity contribution in [1.82, 2.24) is 10.3 Å². The first-order valence-corrected chi connectivity index (χ1v) is 5.61. The molecule has 1 rings (SSSR count). The minimum absolute atomic E-state index is 0.0448. The highest BCUT2D eigenvalue weighted by molar-refractivity contribution is 7.80. The van der Waals surface area contributed by atoms with Crippen LogP contribution in [0.3, 0.4) is 0 Å². The Labute approximate surface area is 104 Å². The van der Waals surface area contributed by atoms with Crippen molar-refractivity contribution in [2.45, 2.75) is 25.8 Å². The average Bonchev–Trinajstić information content (AvgIpc) is 2.29. The molecule has 5 nitrogen and oxygen atoms in total. The monoisotopic (exact) mass is 253 g/mol. The second-order valence-corrected chi connectivity index (χ2v) is 4.37. The predicted molar refractivity (Wildman–Crippen MR) is 70.0 cm³/mol. The third-order valence-corrected chi connectivity index (χ3v) is 3.16. The fourth-order valence-corrected chi connectivity index (χ4v) is 1.43. The van der Waals surface area contributed by atoms with E-state index >= 15 is 0 Å². The summed E-state index contributed by atoms with van der Waals surface area (Å²) in [7, 11) is 0. The van der Waals surface area contributed by atoms with E-state index in [9.17, 15) is 9.59 Å². The Balaban J connectivity index is 2.98. The summed E-state index contributed by atoms with van der Waals surface area (Å²) in [5.41, 5.74) is 4.49. The molecule has 0 saturated carbocycles. The summed E-state index contributed by atoms with van der Waals surface area (Å²) in [4.78, 5) is 26.2. The molecule has 1 aromatic rings. The summed E-state index contributed by atoms with van der Waals surface area (Å²) in [6, 6.07) is 1.29. The number of thiocarbonyl (C=S) groups is 1. The first kappa shape index (κ1) is 13.4. The molecule has 1 amide bonds. The maximum atomic E-state index is 11.9. The fourth-order valence-electron chi connectivity index (χ4n) is 1.24. The molecule has 4 N–H and O–H groups in total. The second-order valence-electron chi connectivity index (χ2n) is 3.93. The highest BCUT2D eigenvalue weighted by atomic mass is 32.1. The van der Waals surface area contributed by atoms with E-state index in [4.69, 9.17) is 18.0 Å². The largest absolute Gasteiger partial charge is 0.391 e. The molecule has 92 valence electrons.